The zero-order valence-corrected chi connectivity index (χ0v) is 9.55. The first kappa shape index (κ1) is 11.3. The van der Waals surface area contributed by atoms with Crippen LogP contribution in [-0.2, 0) is 4.74 Å². The van der Waals surface area contributed by atoms with E-state index in [9.17, 15) is 4.79 Å². The quantitative estimate of drug-likeness (QED) is 0.706. The van der Waals surface area contributed by atoms with Crippen molar-refractivity contribution in [3.63, 3.8) is 0 Å². The zero-order valence-electron chi connectivity index (χ0n) is 9.55. The molecule has 0 aromatic carbocycles. The van der Waals surface area contributed by atoms with Gasteiger partial charge < -0.3 is 15.4 Å². The third-order valence-corrected chi connectivity index (χ3v) is 2.93. The Kier molecular flexibility index (Phi) is 3.04. The summed E-state index contributed by atoms with van der Waals surface area (Å²) in [6.07, 6.45) is -0.219. The molecular formula is C10H20N2O2. The van der Waals surface area contributed by atoms with E-state index in [-0.39, 0.29) is 23.7 Å². The van der Waals surface area contributed by atoms with Gasteiger partial charge in [-0.2, -0.15) is 0 Å². The lowest BCUT2D eigenvalue weighted by molar-refractivity contribution is -0.0496. The highest BCUT2D eigenvalue weighted by Gasteiger charge is 2.44. The van der Waals surface area contributed by atoms with Gasteiger partial charge in [0.25, 0.3) is 0 Å². The maximum atomic E-state index is 11.3. The van der Waals surface area contributed by atoms with Crippen LogP contribution in [-0.4, -0.2) is 25.4 Å². The van der Waals surface area contributed by atoms with Crippen molar-refractivity contribution in [1.82, 2.24) is 10.6 Å². The highest BCUT2D eigenvalue weighted by Crippen LogP contribution is 2.32. The van der Waals surface area contributed by atoms with Gasteiger partial charge >= 0.3 is 6.03 Å². The Labute approximate surface area is 85.4 Å². The summed E-state index contributed by atoms with van der Waals surface area (Å²) in [6.45, 7) is 8.39. The number of amides is 2. The van der Waals surface area contributed by atoms with E-state index >= 15 is 0 Å². The molecule has 2 N–H and O–H groups in total. The molecular weight excluding hydrogens is 180 g/mol. The predicted octanol–water partition coefficient (Wildman–Crippen LogP) is 1.32. The SMILES string of the molecule is COC1NC(=O)NC(C(C)C)C1(C)C. The van der Waals surface area contributed by atoms with Gasteiger partial charge in [0.1, 0.15) is 6.23 Å². The summed E-state index contributed by atoms with van der Waals surface area (Å²) < 4.78 is 5.29. The molecule has 1 heterocycles. The average molecular weight is 200 g/mol. The van der Waals surface area contributed by atoms with Crippen LogP contribution in [0.15, 0.2) is 0 Å². The summed E-state index contributed by atoms with van der Waals surface area (Å²) in [7, 11) is 1.62. The fourth-order valence-electron chi connectivity index (χ4n) is 2.23. The van der Waals surface area contributed by atoms with Gasteiger partial charge in [-0.15, -0.1) is 0 Å². The van der Waals surface area contributed by atoms with Crippen molar-refractivity contribution in [2.45, 2.75) is 40.0 Å². The molecule has 4 heteroatoms. The smallest absolute Gasteiger partial charge is 0.317 e. The topological polar surface area (TPSA) is 50.4 Å². The van der Waals surface area contributed by atoms with Crippen molar-refractivity contribution in [1.29, 1.82) is 0 Å². The monoisotopic (exact) mass is 200 g/mol. The molecule has 0 aromatic rings. The second-order valence-corrected chi connectivity index (χ2v) is 4.78. The van der Waals surface area contributed by atoms with E-state index in [0.29, 0.717) is 5.92 Å². The molecule has 1 fully saturated rings. The Morgan fingerprint density at radius 3 is 2.36 bits per heavy atom. The van der Waals surface area contributed by atoms with Crippen LogP contribution in [0.2, 0.25) is 0 Å². The third kappa shape index (κ3) is 1.85. The highest BCUT2D eigenvalue weighted by molar-refractivity contribution is 5.75. The van der Waals surface area contributed by atoms with E-state index in [2.05, 4.69) is 38.3 Å². The van der Waals surface area contributed by atoms with Crippen LogP contribution in [0.3, 0.4) is 0 Å². The highest BCUT2D eigenvalue weighted by atomic mass is 16.5. The number of carbonyl (C=O) groups is 1. The third-order valence-electron chi connectivity index (χ3n) is 2.93. The van der Waals surface area contributed by atoms with Gasteiger partial charge in [-0.1, -0.05) is 27.7 Å². The molecule has 0 saturated carbocycles. The van der Waals surface area contributed by atoms with E-state index in [4.69, 9.17) is 4.74 Å². The molecule has 0 aliphatic carbocycles. The summed E-state index contributed by atoms with van der Waals surface area (Å²) in [5, 5.41) is 5.71. The van der Waals surface area contributed by atoms with E-state index in [0.717, 1.165) is 0 Å². The lowest BCUT2D eigenvalue weighted by atomic mass is 9.75. The number of rotatable bonds is 2. The number of urea groups is 1. The predicted molar refractivity (Wildman–Crippen MR) is 54.9 cm³/mol. The normalized spacial score (nSPS) is 31.1. The minimum atomic E-state index is -0.219. The van der Waals surface area contributed by atoms with E-state index in [1.165, 1.54) is 0 Å². The Balaban J connectivity index is 2.88. The van der Waals surface area contributed by atoms with Crippen LogP contribution in [0.25, 0.3) is 0 Å². The van der Waals surface area contributed by atoms with Gasteiger partial charge in [0.15, 0.2) is 0 Å². The van der Waals surface area contributed by atoms with Crippen molar-refractivity contribution >= 4 is 6.03 Å². The van der Waals surface area contributed by atoms with Crippen molar-refractivity contribution < 1.29 is 9.53 Å². The maximum Gasteiger partial charge on any atom is 0.317 e. The van der Waals surface area contributed by atoms with Crippen LogP contribution in [0.4, 0.5) is 4.79 Å². The summed E-state index contributed by atoms with van der Waals surface area (Å²) in [4.78, 5) is 11.3. The van der Waals surface area contributed by atoms with E-state index < -0.39 is 0 Å². The minimum Gasteiger partial charge on any atom is -0.361 e. The van der Waals surface area contributed by atoms with Crippen LogP contribution in [0.1, 0.15) is 27.7 Å². The molecule has 1 rings (SSSR count). The largest absolute Gasteiger partial charge is 0.361 e. The molecule has 1 aliphatic rings. The summed E-state index contributed by atoms with van der Waals surface area (Å²) in [5.74, 6) is 0.397. The first-order valence-corrected chi connectivity index (χ1v) is 4.99. The van der Waals surface area contributed by atoms with Crippen molar-refractivity contribution in [2.75, 3.05) is 7.11 Å². The molecule has 4 nitrogen and oxygen atoms in total. The Bertz CT molecular complexity index is 226. The molecule has 14 heavy (non-hydrogen) atoms. The molecule has 1 aliphatic heterocycles. The number of hydrogen-bond donors (Lipinski definition) is 2. The molecule has 0 spiro atoms. The number of carbonyl (C=O) groups excluding carboxylic acids is 1. The van der Waals surface area contributed by atoms with Gasteiger partial charge in [-0.25, -0.2) is 4.79 Å². The second kappa shape index (κ2) is 3.77. The van der Waals surface area contributed by atoms with Crippen LogP contribution >= 0.6 is 0 Å². The van der Waals surface area contributed by atoms with Gasteiger partial charge in [0.2, 0.25) is 0 Å². The fourth-order valence-corrected chi connectivity index (χ4v) is 2.23. The van der Waals surface area contributed by atoms with Gasteiger partial charge in [0, 0.05) is 18.6 Å². The van der Waals surface area contributed by atoms with Crippen LogP contribution in [0.5, 0.6) is 0 Å². The minimum absolute atomic E-state index is 0.100. The van der Waals surface area contributed by atoms with Crippen LogP contribution in [0, 0.1) is 11.3 Å². The summed E-state index contributed by atoms with van der Waals surface area (Å²) >= 11 is 0. The first-order chi connectivity index (χ1) is 6.39. The fraction of sp³-hybridized carbons (Fsp3) is 0.900. The van der Waals surface area contributed by atoms with Gasteiger partial charge in [-0.05, 0) is 5.92 Å². The Morgan fingerprint density at radius 1 is 1.36 bits per heavy atom. The number of hydrogen-bond acceptors (Lipinski definition) is 2. The van der Waals surface area contributed by atoms with Crippen molar-refractivity contribution in [3.8, 4) is 0 Å². The van der Waals surface area contributed by atoms with Crippen LogP contribution < -0.4 is 10.6 Å². The number of nitrogens with one attached hydrogen (secondary N) is 2. The first-order valence-electron chi connectivity index (χ1n) is 4.99. The standard InChI is InChI=1S/C10H20N2O2/c1-6(2)7-10(3,4)8(14-5)12-9(13)11-7/h6-8H,1-5H3,(H2,11,12,13). The summed E-state index contributed by atoms with van der Waals surface area (Å²) in [6, 6.07) is -0.00363. The zero-order chi connectivity index (χ0) is 10.9. The lowest BCUT2D eigenvalue weighted by Crippen LogP contribution is -2.66. The number of methoxy groups -OCH3 is 1. The van der Waals surface area contributed by atoms with Gasteiger partial charge in [-0.3, -0.25) is 0 Å². The van der Waals surface area contributed by atoms with E-state index in [1.807, 2.05) is 0 Å². The lowest BCUT2D eigenvalue weighted by Gasteiger charge is -2.46. The summed E-state index contributed by atoms with van der Waals surface area (Å²) in [5.41, 5.74) is -0.100. The average Bonchev–Trinajstić information content (AvgIpc) is 2.07. The molecule has 2 unspecified atom stereocenters. The Hall–Kier alpha value is -0.770. The molecule has 0 aromatic heterocycles. The van der Waals surface area contributed by atoms with Crippen molar-refractivity contribution in [2.24, 2.45) is 11.3 Å². The van der Waals surface area contributed by atoms with Gasteiger partial charge in [0.05, 0.1) is 0 Å². The van der Waals surface area contributed by atoms with Crippen molar-refractivity contribution in [3.05, 3.63) is 0 Å². The molecule has 1 saturated heterocycles. The number of ether oxygens (including phenoxy) is 1. The maximum absolute atomic E-state index is 11.3. The van der Waals surface area contributed by atoms with E-state index in [1.54, 1.807) is 7.11 Å². The molecule has 0 bridgehead atoms. The molecule has 2 atom stereocenters. The second-order valence-electron chi connectivity index (χ2n) is 4.78. The molecule has 2 amide bonds. The molecule has 82 valence electrons. The Morgan fingerprint density at radius 2 is 1.93 bits per heavy atom. The molecule has 0 radical (unpaired) electrons.